The lowest BCUT2D eigenvalue weighted by molar-refractivity contribution is -0.138. The summed E-state index contributed by atoms with van der Waals surface area (Å²) in [6.07, 6.45) is -4.37. The molecule has 1 atom stereocenters. The van der Waals surface area contributed by atoms with E-state index in [9.17, 15) is 13.2 Å². The number of benzene rings is 1. The molecule has 1 N–H and O–H groups in total. The molecule has 114 valence electrons. The van der Waals surface area contributed by atoms with Gasteiger partial charge in [-0.25, -0.2) is 0 Å². The molecule has 0 saturated carbocycles. The van der Waals surface area contributed by atoms with Gasteiger partial charge in [0.25, 0.3) is 0 Å². The van der Waals surface area contributed by atoms with Gasteiger partial charge in [-0.1, -0.05) is 25.1 Å². The number of hydrogen-bond donors (Lipinski definition) is 1. The molecule has 0 aliphatic rings. The molecular weight excluding hydrogens is 299 g/mol. The van der Waals surface area contributed by atoms with Crippen molar-refractivity contribution in [2.45, 2.75) is 19.1 Å². The second-order valence-corrected chi connectivity index (χ2v) is 5.41. The molecule has 2 nitrogen and oxygen atoms in total. The van der Waals surface area contributed by atoms with Crippen molar-refractivity contribution in [2.24, 2.45) is 0 Å². The normalized spacial score (nSPS) is 13.2. The quantitative estimate of drug-likeness (QED) is 0.878. The van der Waals surface area contributed by atoms with E-state index in [4.69, 9.17) is 4.74 Å². The zero-order valence-electron chi connectivity index (χ0n) is 11.7. The first kappa shape index (κ1) is 15.9. The number of nitrogens with one attached hydrogen (secondary N) is 1. The summed E-state index contributed by atoms with van der Waals surface area (Å²) >= 11 is 1.38. The van der Waals surface area contributed by atoms with Gasteiger partial charge in [0.15, 0.2) is 0 Å². The summed E-state index contributed by atoms with van der Waals surface area (Å²) in [4.78, 5) is 0.797. The van der Waals surface area contributed by atoms with E-state index in [0.29, 0.717) is 12.3 Å². The highest BCUT2D eigenvalue weighted by molar-refractivity contribution is 7.10. The number of rotatable bonds is 5. The molecule has 1 heterocycles. The number of halogens is 3. The second kappa shape index (κ2) is 6.49. The van der Waals surface area contributed by atoms with E-state index < -0.39 is 17.8 Å². The first-order valence-electron chi connectivity index (χ1n) is 6.49. The fraction of sp³-hybridized carbons (Fsp3) is 0.333. The van der Waals surface area contributed by atoms with Gasteiger partial charge in [-0.2, -0.15) is 13.2 Å². The topological polar surface area (TPSA) is 21.3 Å². The molecule has 0 aliphatic heterocycles. The molecule has 1 aromatic heterocycles. The van der Waals surface area contributed by atoms with E-state index in [1.54, 1.807) is 17.5 Å². The fourth-order valence-electron chi connectivity index (χ4n) is 2.17. The SMILES string of the molecule is CCNC(c1cc(OC)cs1)c1ccccc1C(F)(F)F. The summed E-state index contributed by atoms with van der Waals surface area (Å²) in [7, 11) is 1.54. The van der Waals surface area contributed by atoms with Crippen LogP contribution in [0.5, 0.6) is 5.75 Å². The van der Waals surface area contributed by atoms with Crippen LogP contribution in [-0.2, 0) is 6.18 Å². The first-order chi connectivity index (χ1) is 9.97. The number of thiophene rings is 1. The van der Waals surface area contributed by atoms with Crippen molar-refractivity contribution >= 4 is 11.3 Å². The Kier molecular flexibility index (Phi) is 4.90. The van der Waals surface area contributed by atoms with Gasteiger partial charge in [-0.3, -0.25) is 0 Å². The third-order valence-corrected chi connectivity index (χ3v) is 4.08. The van der Waals surface area contributed by atoms with Crippen LogP contribution in [0.15, 0.2) is 35.7 Å². The van der Waals surface area contributed by atoms with Crippen LogP contribution in [0.2, 0.25) is 0 Å². The van der Waals surface area contributed by atoms with E-state index >= 15 is 0 Å². The number of methoxy groups -OCH3 is 1. The molecule has 2 aromatic rings. The van der Waals surface area contributed by atoms with E-state index in [2.05, 4.69) is 5.32 Å². The van der Waals surface area contributed by atoms with E-state index in [1.807, 2.05) is 6.92 Å². The lowest BCUT2D eigenvalue weighted by Crippen LogP contribution is -2.24. The molecule has 6 heteroatoms. The number of ether oxygens (including phenoxy) is 1. The highest BCUT2D eigenvalue weighted by atomic mass is 32.1. The highest BCUT2D eigenvalue weighted by Crippen LogP contribution is 2.38. The van der Waals surface area contributed by atoms with Gasteiger partial charge in [-0.05, 0) is 24.2 Å². The summed E-state index contributed by atoms with van der Waals surface area (Å²) in [5, 5.41) is 4.91. The Morgan fingerprint density at radius 1 is 1.29 bits per heavy atom. The van der Waals surface area contributed by atoms with Gasteiger partial charge in [0, 0.05) is 10.3 Å². The zero-order valence-corrected chi connectivity index (χ0v) is 12.5. The Bertz CT molecular complexity index is 595. The molecule has 0 radical (unpaired) electrons. The van der Waals surface area contributed by atoms with Gasteiger partial charge in [0.05, 0.1) is 18.7 Å². The molecule has 1 aromatic carbocycles. The van der Waals surface area contributed by atoms with E-state index in [0.717, 1.165) is 10.9 Å². The summed E-state index contributed by atoms with van der Waals surface area (Å²) in [6, 6.07) is 6.93. The molecule has 0 spiro atoms. The molecule has 0 aliphatic carbocycles. The summed E-state index contributed by atoms with van der Waals surface area (Å²) in [5.41, 5.74) is -0.375. The van der Waals surface area contributed by atoms with Crippen molar-refractivity contribution in [3.05, 3.63) is 51.7 Å². The standard InChI is InChI=1S/C15H16F3NOS/c1-3-19-14(13-8-10(20-2)9-21-13)11-6-4-5-7-12(11)15(16,17)18/h4-9,14,19H,3H2,1-2H3. The van der Waals surface area contributed by atoms with Crippen molar-refractivity contribution in [1.29, 1.82) is 0 Å². The molecule has 0 saturated heterocycles. The maximum atomic E-state index is 13.2. The van der Waals surface area contributed by atoms with Gasteiger partial charge < -0.3 is 10.1 Å². The minimum absolute atomic E-state index is 0.233. The van der Waals surface area contributed by atoms with Crippen molar-refractivity contribution in [2.75, 3.05) is 13.7 Å². The van der Waals surface area contributed by atoms with Crippen molar-refractivity contribution in [3.8, 4) is 5.75 Å². The van der Waals surface area contributed by atoms with Crippen LogP contribution in [0.25, 0.3) is 0 Å². The Morgan fingerprint density at radius 3 is 2.57 bits per heavy atom. The van der Waals surface area contributed by atoms with Crippen molar-refractivity contribution in [1.82, 2.24) is 5.32 Å². The highest BCUT2D eigenvalue weighted by Gasteiger charge is 2.35. The second-order valence-electron chi connectivity index (χ2n) is 4.46. The van der Waals surface area contributed by atoms with Gasteiger partial charge >= 0.3 is 6.18 Å². The molecule has 2 rings (SSSR count). The predicted molar refractivity (Wildman–Crippen MR) is 77.8 cm³/mol. The van der Waals surface area contributed by atoms with Crippen LogP contribution in [0.4, 0.5) is 13.2 Å². The van der Waals surface area contributed by atoms with Crippen LogP contribution >= 0.6 is 11.3 Å². The first-order valence-corrected chi connectivity index (χ1v) is 7.37. The van der Waals surface area contributed by atoms with Crippen molar-refractivity contribution in [3.63, 3.8) is 0 Å². The molecule has 0 amide bonds. The largest absolute Gasteiger partial charge is 0.496 e. The Labute approximate surface area is 125 Å². The smallest absolute Gasteiger partial charge is 0.416 e. The summed E-state index contributed by atoms with van der Waals surface area (Å²) in [6.45, 7) is 2.44. The number of hydrogen-bond acceptors (Lipinski definition) is 3. The molecule has 0 bridgehead atoms. The average molecular weight is 315 g/mol. The lowest BCUT2D eigenvalue weighted by Gasteiger charge is -2.21. The van der Waals surface area contributed by atoms with Crippen LogP contribution in [0.3, 0.4) is 0 Å². The predicted octanol–water partition coefficient (Wildman–Crippen LogP) is 4.47. The third-order valence-electron chi connectivity index (χ3n) is 3.10. The minimum atomic E-state index is -4.37. The average Bonchev–Trinajstić information content (AvgIpc) is 2.92. The van der Waals surface area contributed by atoms with Gasteiger partial charge in [-0.15, -0.1) is 11.3 Å². The Hall–Kier alpha value is -1.53. The van der Waals surface area contributed by atoms with Crippen LogP contribution in [0.1, 0.15) is 29.0 Å². The minimum Gasteiger partial charge on any atom is -0.496 e. The Morgan fingerprint density at radius 2 is 2.00 bits per heavy atom. The summed E-state index contributed by atoms with van der Waals surface area (Å²) in [5.74, 6) is 0.655. The van der Waals surface area contributed by atoms with E-state index in [-0.39, 0.29) is 5.56 Å². The monoisotopic (exact) mass is 315 g/mol. The van der Waals surface area contributed by atoms with Crippen LogP contribution < -0.4 is 10.1 Å². The third kappa shape index (κ3) is 3.57. The molecular formula is C15H16F3NOS. The summed E-state index contributed by atoms with van der Waals surface area (Å²) < 4.78 is 44.7. The van der Waals surface area contributed by atoms with Gasteiger partial charge in [0.2, 0.25) is 0 Å². The van der Waals surface area contributed by atoms with Crippen molar-refractivity contribution < 1.29 is 17.9 Å². The lowest BCUT2D eigenvalue weighted by atomic mass is 9.98. The Balaban J connectivity index is 2.48. The maximum absolute atomic E-state index is 13.2. The van der Waals surface area contributed by atoms with Crippen LogP contribution in [-0.4, -0.2) is 13.7 Å². The fourth-order valence-corrected chi connectivity index (χ4v) is 3.11. The van der Waals surface area contributed by atoms with E-state index in [1.165, 1.54) is 30.6 Å². The molecule has 1 unspecified atom stereocenters. The maximum Gasteiger partial charge on any atom is 0.416 e. The molecule has 21 heavy (non-hydrogen) atoms. The van der Waals surface area contributed by atoms with Gasteiger partial charge in [0.1, 0.15) is 5.75 Å². The zero-order chi connectivity index (χ0) is 15.5. The number of alkyl halides is 3. The molecule has 0 fully saturated rings. The van der Waals surface area contributed by atoms with Crippen LogP contribution in [0, 0.1) is 0 Å².